The Kier molecular flexibility index (Phi) is 2.87. The second kappa shape index (κ2) is 5.33. The number of rotatable bonds is 0. The van der Waals surface area contributed by atoms with Gasteiger partial charge in [-0.15, -0.1) is 0 Å². The second-order valence-electron chi connectivity index (χ2n) is 8.69. The third-order valence-electron chi connectivity index (χ3n) is 7.23. The summed E-state index contributed by atoms with van der Waals surface area (Å²) in [6.45, 7) is 4.26. The molecule has 0 bridgehead atoms. The van der Waals surface area contributed by atoms with Gasteiger partial charge < -0.3 is 9.47 Å². The van der Waals surface area contributed by atoms with Gasteiger partial charge in [0.2, 0.25) is 0 Å². The largest absolute Gasteiger partial charge is 0.478 e. The molecule has 0 saturated heterocycles. The normalized spacial score (nSPS) is 24.6. The summed E-state index contributed by atoms with van der Waals surface area (Å²) >= 11 is 2.42. The van der Waals surface area contributed by atoms with Crippen LogP contribution in [0.2, 0.25) is 0 Å². The average molecular weight is 455 g/mol. The van der Waals surface area contributed by atoms with Crippen LogP contribution < -0.4 is 19.9 Å². The van der Waals surface area contributed by atoms with Gasteiger partial charge in [-0.1, -0.05) is 36.4 Å². The molecule has 1 aliphatic carbocycles. The van der Waals surface area contributed by atoms with E-state index in [-0.39, 0.29) is 0 Å². The fourth-order valence-corrected chi connectivity index (χ4v) is 6.85. The van der Waals surface area contributed by atoms with E-state index in [0.717, 1.165) is 66.3 Å². The van der Waals surface area contributed by atoms with Crippen LogP contribution in [0, 0.1) is 0 Å². The topological polar surface area (TPSA) is 70.0 Å². The maximum Gasteiger partial charge on any atom is 0.176 e. The second-order valence-corrected chi connectivity index (χ2v) is 9.74. The van der Waals surface area contributed by atoms with Crippen LogP contribution in [0.15, 0.2) is 48.5 Å². The lowest BCUT2D eigenvalue weighted by Crippen LogP contribution is -2.62. The number of benzene rings is 3. The van der Waals surface area contributed by atoms with Crippen molar-refractivity contribution in [1.82, 2.24) is 17.5 Å². The number of hydrogen-bond donors (Lipinski definition) is 0. The number of para-hydroxylation sites is 2. The van der Waals surface area contributed by atoms with Crippen LogP contribution in [0.4, 0.5) is 0 Å². The Labute approximate surface area is 190 Å². The van der Waals surface area contributed by atoms with Crippen LogP contribution in [0.5, 0.6) is 11.5 Å². The monoisotopic (exact) mass is 454 g/mol. The molecule has 4 heterocycles. The van der Waals surface area contributed by atoms with E-state index in [4.69, 9.17) is 18.2 Å². The zero-order valence-electron chi connectivity index (χ0n) is 17.0. The molecule has 0 spiro atoms. The zero-order chi connectivity index (χ0) is 21.2. The predicted octanol–water partition coefficient (Wildman–Crippen LogP) is 3.41. The Morgan fingerprint density at radius 1 is 0.594 bits per heavy atom. The highest BCUT2D eigenvalue weighted by Crippen LogP contribution is 2.57. The van der Waals surface area contributed by atoms with Crippen molar-refractivity contribution in [2.24, 2.45) is 0 Å². The molecule has 0 N–H and O–H groups in total. The molecule has 32 heavy (non-hydrogen) atoms. The minimum absolute atomic E-state index is 0.758. The number of aromatic nitrogens is 4. The van der Waals surface area contributed by atoms with Gasteiger partial charge in [0.05, 0.1) is 23.5 Å². The van der Waals surface area contributed by atoms with Crippen molar-refractivity contribution in [2.75, 3.05) is 0 Å². The summed E-state index contributed by atoms with van der Waals surface area (Å²) in [5, 5.41) is 2.07. The Bertz CT molecular complexity index is 1660. The molecule has 8 rings (SSSR count). The van der Waals surface area contributed by atoms with Gasteiger partial charge in [-0.3, -0.25) is 0 Å². The highest BCUT2D eigenvalue weighted by atomic mass is 32.1. The summed E-state index contributed by atoms with van der Waals surface area (Å²) in [5.74, 6) is 1.71. The van der Waals surface area contributed by atoms with Crippen LogP contribution in [0.25, 0.3) is 33.2 Å². The molecule has 0 amide bonds. The van der Waals surface area contributed by atoms with Gasteiger partial charge in [-0.25, -0.2) is 0 Å². The Balaban J connectivity index is 1.78. The van der Waals surface area contributed by atoms with Crippen LogP contribution in [0.3, 0.4) is 0 Å². The van der Waals surface area contributed by atoms with Crippen molar-refractivity contribution in [1.29, 1.82) is 0 Å². The van der Waals surface area contributed by atoms with E-state index in [9.17, 15) is 0 Å². The molecule has 2 aliphatic heterocycles. The molecular formula is C24H14N4O2S2. The van der Waals surface area contributed by atoms with Gasteiger partial charge in [-0.05, 0) is 26.0 Å². The van der Waals surface area contributed by atoms with E-state index in [1.807, 2.05) is 36.4 Å². The van der Waals surface area contributed by atoms with Crippen LogP contribution in [-0.2, 0) is 0 Å². The molecule has 5 aromatic rings. The molecule has 0 saturated carbocycles. The maximum atomic E-state index is 6.76. The molecular weight excluding hydrogens is 440 g/mol. The van der Waals surface area contributed by atoms with Gasteiger partial charge in [0.1, 0.15) is 33.6 Å². The quantitative estimate of drug-likeness (QED) is 0.357. The summed E-state index contributed by atoms with van der Waals surface area (Å²) < 4.78 is 32.2. The maximum absolute atomic E-state index is 6.76. The van der Waals surface area contributed by atoms with E-state index in [1.165, 1.54) is 23.5 Å². The van der Waals surface area contributed by atoms with Gasteiger partial charge in [-0.2, -0.15) is 17.5 Å². The van der Waals surface area contributed by atoms with Crippen molar-refractivity contribution in [2.45, 2.75) is 25.0 Å². The third kappa shape index (κ3) is 1.70. The van der Waals surface area contributed by atoms with Gasteiger partial charge in [0.25, 0.3) is 0 Å². The van der Waals surface area contributed by atoms with Crippen LogP contribution >= 0.6 is 23.5 Å². The molecule has 2 atom stereocenters. The first-order valence-corrected chi connectivity index (χ1v) is 11.8. The lowest BCUT2D eigenvalue weighted by Gasteiger charge is -2.43. The molecule has 8 heteroatoms. The number of ether oxygens (including phenoxy) is 2. The zero-order valence-corrected chi connectivity index (χ0v) is 18.7. The molecule has 0 radical (unpaired) electrons. The highest BCUT2D eigenvalue weighted by molar-refractivity contribution is 7.01. The van der Waals surface area contributed by atoms with E-state index < -0.39 is 11.2 Å². The molecule has 3 aliphatic rings. The average Bonchev–Trinajstić information content (AvgIpc) is 3.55. The van der Waals surface area contributed by atoms with Gasteiger partial charge >= 0.3 is 0 Å². The SMILES string of the molecule is C[C@]12Oc3ccccc3C1=c1c(c3nsnc3c3nsnc13)=C1c3ccccc3O[C@@]12C. The lowest BCUT2D eigenvalue weighted by molar-refractivity contribution is -0.00535. The summed E-state index contributed by atoms with van der Waals surface area (Å²) in [6.07, 6.45) is 0. The van der Waals surface area contributed by atoms with Crippen molar-refractivity contribution in [3.63, 3.8) is 0 Å². The lowest BCUT2D eigenvalue weighted by atomic mass is 9.68. The van der Waals surface area contributed by atoms with Crippen molar-refractivity contribution < 1.29 is 9.47 Å². The van der Waals surface area contributed by atoms with E-state index >= 15 is 0 Å². The fraction of sp³-hybridized carbons (Fsp3) is 0.167. The summed E-state index contributed by atoms with van der Waals surface area (Å²) in [4.78, 5) is 0. The number of hydrogen-bond acceptors (Lipinski definition) is 8. The minimum atomic E-state index is -0.758. The van der Waals surface area contributed by atoms with E-state index in [0.29, 0.717) is 0 Å². The van der Waals surface area contributed by atoms with E-state index in [2.05, 4.69) is 34.7 Å². The molecule has 0 fully saturated rings. The number of fused-ring (bicyclic) bond motifs is 13. The van der Waals surface area contributed by atoms with Gasteiger partial charge in [0, 0.05) is 32.7 Å². The Hall–Kier alpha value is -3.36. The summed E-state index contributed by atoms with van der Waals surface area (Å²) in [6, 6.07) is 16.4. The first-order chi connectivity index (χ1) is 15.6. The molecule has 2 aromatic heterocycles. The highest BCUT2D eigenvalue weighted by Gasteiger charge is 2.63. The van der Waals surface area contributed by atoms with Crippen LogP contribution in [0.1, 0.15) is 25.0 Å². The fourth-order valence-electron chi connectivity index (χ4n) is 5.74. The molecule has 0 unspecified atom stereocenters. The van der Waals surface area contributed by atoms with Gasteiger partial charge in [0.15, 0.2) is 11.2 Å². The van der Waals surface area contributed by atoms with Crippen molar-refractivity contribution in [3.05, 3.63) is 70.1 Å². The smallest absolute Gasteiger partial charge is 0.176 e. The first-order valence-electron chi connectivity index (χ1n) is 10.3. The predicted molar refractivity (Wildman–Crippen MR) is 124 cm³/mol. The summed E-state index contributed by atoms with van der Waals surface area (Å²) in [5.41, 5.74) is 6.07. The molecule has 6 nitrogen and oxygen atoms in total. The molecule has 154 valence electrons. The van der Waals surface area contributed by atoms with Crippen molar-refractivity contribution >= 4 is 56.7 Å². The third-order valence-corrected chi connectivity index (χ3v) is 8.29. The number of nitrogens with zero attached hydrogens (tertiary/aromatic N) is 4. The first kappa shape index (κ1) is 17.2. The minimum Gasteiger partial charge on any atom is -0.478 e. The van der Waals surface area contributed by atoms with E-state index in [1.54, 1.807) is 0 Å². The van der Waals surface area contributed by atoms with Crippen LogP contribution in [-0.4, -0.2) is 28.7 Å². The molecule has 3 aromatic carbocycles. The Morgan fingerprint density at radius 2 is 1.00 bits per heavy atom. The summed E-state index contributed by atoms with van der Waals surface area (Å²) in [7, 11) is 0. The standard InChI is InChI=1S/C24H14N4O2S2/c1-23-17(11-7-3-5-9-13(11)29-23)15-16(18-12-8-4-6-10-14(12)30-24(18,23)2)20-22(28-32-26-20)21-19(15)25-31-27-21/h3-10H,1-2H3/t23-,24-/m0/s1. The van der Waals surface area contributed by atoms with Crippen molar-refractivity contribution in [3.8, 4) is 11.5 Å². The Morgan fingerprint density at radius 3 is 1.47 bits per heavy atom.